The highest BCUT2D eigenvalue weighted by Gasteiger charge is 2.05. The number of hydrogen-bond donors (Lipinski definition) is 1. The molecule has 0 fully saturated rings. The molecular formula is C9H13FN2. The first-order valence-corrected chi connectivity index (χ1v) is 3.99. The van der Waals surface area contributed by atoms with Gasteiger partial charge in [0.1, 0.15) is 0 Å². The first kappa shape index (κ1) is 9.13. The van der Waals surface area contributed by atoms with E-state index in [1.54, 1.807) is 12.3 Å². The Morgan fingerprint density at radius 1 is 1.58 bits per heavy atom. The number of nitrogens with zero attached hydrogens (tertiary/aromatic N) is 1. The van der Waals surface area contributed by atoms with Gasteiger partial charge in [0, 0.05) is 18.3 Å². The number of hydrogen-bond acceptors (Lipinski definition) is 2. The third-order valence-electron chi connectivity index (χ3n) is 1.82. The smallest absolute Gasteiger partial charge is 0.217 e. The molecule has 66 valence electrons. The molecule has 2 nitrogen and oxygen atoms in total. The second-order valence-electron chi connectivity index (χ2n) is 3.08. The third kappa shape index (κ3) is 1.80. The normalized spacial score (nSPS) is 10.8. The van der Waals surface area contributed by atoms with E-state index in [-0.39, 0.29) is 6.54 Å². The fraction of sp³-hybridized carbons (Fsp3) is 0.444. The SMILES string of the molecule is CC(C)c1cnc(F)c(CN)c1. The Morgan fingerprint density at radius 3 is 2.75 bits per heavy atom. The van der Waals surface area contributed by atoms with Gasteiger partial charge >= 0.3 is 0 Å². The van der Waals surface area contributed by atoms with Gasteiger partial charge in [0.2, 0.25) is 5.95 Å². The Kier molecular flexibility index (Phi) is 2.76. The van der Waals surface area contributed by atoms with Gasteiger partial charge in [-0.25, -0.2) is 4.98 Å². The van der Waals surface area contributed by atoms with Crippen molar-refractivity contribution in [2.45, 2.75) is 26.3 Å². The number of halogens is 1. The molecule has 0 aromatic carbocycles. The van der Waals surface area contributed by atoms with E-state index in [1.165, 1.54) is 0 Å². The van der Waals surface area contributed by atoms with E-state index >= 15 is 0 Å². The van der Waals surface area contributed by atoms with Crippen LogP contribution in [0.3, 0.4) is 0 Å². The van der Waals surface area contributed by atoms with Crippen LogP contribution in [0.1, 0.15) is 30.9 Å². The molecular weight excluding hydrogens is 155 g/mol. The topological polar surface area (TPSA) is 38.9 Å². The van der Waals surface area contributed by atoms with Gasteiger partial charge in [-0.05, 0) is 17.5 Å². The molecule has 12 heavy (non-hydrogen) atoms. The Labute approximate surface area is 71.6 Å². The molecule has 1 rings (SSSR count). The van der Waals surface area contributed by atoms with Crippen LogP contribution in [-0.4, -0.2) is 4.98 Å². The lowest BCUT2D eigenvalue weighted by molar-refractivity contribution is 0.564. The second-order valence-corrected chi connectivity index (χ2v) is 3.08. The van der Waals surface area contributed by atoms with Crippen molar-refractivity contribution in [2.75, 3.05) is 0 Å². The van der Waals surface area contributed by atoms with Crippen molar-refractivity contribution in [2.24, 2.45) is 5.73 Å². The van der Waals surface area contributed by atoms with Crippen molar-refractivity contribution in [3.63, 3.8) is 0 Å². The average Bonchev–Trinajstić information content (AvgIpc) is 2.05. The first-order valence-electron chi connectivity index (χ1n) is 3.99. The largest absolute Gasteiger partial charge is 0.326 e. The van der Waals surface area contributed by atoms with Crippen LogP contribution in [0.5, 0.6) is 0 Å². The van der Waals surface area contributed by atoms with Crippen LogP contribution in [0.15, 0.2) is 12.3 Å². The second kappa shape index (κ2) is 3.63. The number of pyridine rings is 1. The summed E-state index contributed by atoms with van der Waals surface area (Å²) >= 11 is 0. The summed E-state index contributed by atoms with van der Waals surface area (Å²) in [5.74, 6) is -0.0923. The van der Waals surface area contributed by atoms with Crippen molar-refractivity contribution in [3.05, 3.63) is 29.3 Å². The van der Waals surface area contributed by atoms with Crippen LogP contribution in [0, 0.1) is 5.95 Å². The number of nitrogens with two attached hydrogens (primary N) is 1. The van der Waals surface area contributed by atoms with Crippen molar-refractivity contribution < 1.29 is 4.39 Å². The van der Waals surface area contributed by atoms with Gasteiger partial charge in [0.15, 0.2) is 0 Å². The maximum atomic E-state index is 12.8. The molecule has 1 aromatic heterocycles. The predicted molar refractivity (Wildman–Crippen MR) is 46.2 cm³/mol. The summed E-state index contributed by atoms with van der Waals surface area (Å²) in [6.45, 7) is 4.28. The Bertz CT molecular complexity index is 271. The minimum atomic E-state index is -0.457. The molecule has 0 spiro atoms. The number of rotatable bonds is 2. The summed E-state index contributed by atoms with van der Waals surface area (Å²) in [7, 11) is 0. The van der Waals surface area contributed by atoms with E-state index in [1.807, 2.05) is 13.8 Å². The van der Waals surface area contributed by atoms with Crippen LogP contribution in [0.25, 0.3) is 0 Å². The first-order chi connectivity index (χ1) is 5.65. The molecule has 0 radical (unpaired) electrons. The molecule has 1 heterocycles. The van der Waals surface area contributed by atoms with Crippen LogP contribution < -0.4 is 5.73 Å². The molecule has 0 amide bonds. The summed E-state index contributed by atoms with van der Waals surface area (Å²) < 4.78 is 12.8. The molecule has 2 N–H and O–H groups in total. The van der Waals surface area contributed by atoms with Gasteiger partial charge in [-0.1, -0.05) is 13.8 Å². The van der Waals surface area contributed by atoms with Crippen molar-refractivity contribution in [1.29, 1.82) is 0 Å². The summed E-state index contributed by atoms with van der Waals surface area (Å²) in [6.07, 6.45) is 1.55. The Balaban J connectivity index is 3.05. The molecule has 0 unspecified atom stereocenters. The maximum Gasteiger partial charge on any atom is 0.217 e. The number of aromatic nitrogens is 1. The fourth-order valence-electron chi connectivity index (χ4n) is 0.971. The molecule has 0 aliphatic rings. The summed E-state index contributed by atoms with van der Waals surface area (Å²) in [5, 5.41) is 0. The Morgan fingerprint density at radius 2 is 2.25 bits per heavy atom. The van der Waals surface area contributed by atoms with Gasteiger partial charge in [0.05, 0.1) is 0 Å². The van der Waals surface area contributed by atoms with E-state index in [4.69, 9.17) is 5.73 Å². The van der Waals surface area contributed by atoms with Gasteiger partial charge in [-0.3, -0.25) is 0 Å². The summed E-state index contributed by atoms with van der Waals surface area (Å²) in [5.41, 5.74) is 6.85. The van der Waals surface area contributed by atoms with Crippen LogP contribution in [0.4, 0.5) is 4.39 Å². The molecule has 0 aliphatic carbocycles. The quantitative estimate of drug-likeness (QED) is 0.684. The lowest BCUT2D eigenvalue weighted by Gasteiger charge is -2.06. The van der Waals surface area contributed by atoms with Crippen molar-refractivity contribution in [1.82, 2.24) is 4.98 Å². The molecule has 0 saturated carbocycles. The molecule has 0 aliphatic heterocycles. The van der Waals surface area contributed by atoms with E-state index in [9.17, 15) is 4.39 Å². The lowest BCUT2D eigenvalue weighted by Crippen LogP contribution is -2.03. The predicted octanol–water partition coefficient (Wildman–Crippen LogP) is 1.80. The highest BCUT2D eigenvalue weighted by molar-refractivity contribution is 5.21. The van der Waals surface area contributed by atoms with Crippen LogP contribution >= 0.6 is 0 Å². The molecule has 1 aromatic rings. The minimum Gasteiger partial charge on any atom is -0.326 e. The maximum absolute atomic E-state index is 12.8. The average molecular weight is 168 g/mol. The summed E-state index contributed by atoms with van der Waals surface area (Å²) in [4.78, 5) is 3.62. The van der Waals surface area contributed by atoms with E-state index in [0.29, 0.717) is 11.5 Å². The van der Waals surface area contributed by atoms with E-state index < -0.39 is 5.95 Å². The molecule has 3 heteroatoms. The van der Waals surface area contributed by atoms with E-state index in [0.717, 1.165) is 5.56 Å². The fourth-order valence-corrected chi connectivity index (χ4v) is 0.971. The standard InChI is InChI=1S/C9H13FN2/c1-6(2)8-3-7(4-11)9(10)12-5-8/h3,5-6H,4,11H2,1-2H3. The van der Waals surface area contributed by atoms with Gasteiger partial charge in [0.25, 0.3) is 0 Å². The highest BCUT2D eigenvalue weighted by atomic mass is 19.1. The lowest BCUT2D eigenvalue weighted by atomic mass is 10.0. The molecule has 0 saturated heterocycles. The van der Waals surface area contributed by atoms with Crippen LogP contribution in [-0.2, 0) is 6.54 Å². The van der Waals surface area contributed by atoms with Gasteiger partial charge in [-0.2, -0.15) is 4.39 Å². The van der Waals surface area contributed by atoms with E-state index in [2.05, 4.69) is 4.98 Å². The van der Waals surface area contributed by atoms with Gasteiger partial charge in [-0.15, -0.1) is 0 Å². The highest BCUT2D eigenvalue weighted by Crippen LogP contribution is 2.15. The summed E-state index contributed by atoms with van der Waals surface area (Å²) in [6, 6.07) is 1.77. The van der Waals surface area contributed by atoms with Crippen molar-refractivity contribution in [3.8, 4) is 0 Å². The van der Waals surface area contributed by atoms with Crippen molar-refractivity contribution >= 4 is 0 Å². The zero-order chi connectivity index (χ0) is 9.14. The third-order valence-corrected chi connectivity index (χ3v) is 1.82. The molecule has 0 bridgehead atoms. The minimum absolute atomic E-state index is 0.208. The zero-order valence-corrected chi connectivity index (χ0v) is 7.34. The molecule has 0 atom stereocenters. The van der Waals surface area contributed by atoms with Crippen LogP contribution in [0.2, 0.25) is 0 Å². The monoisotopic (exact) mass is 168 g/mol. The Hall–Kier alpha value is -0.960. The van der Waals surface area contributed by atoms with Gasteiger partial charge < -0.3 is 5.73 Å². The zero-order valence-electron chi connectivity index (χ0n) is 7.34.